The molecule has 0 aliphatic heterocycles. The van der Waals surface area contributed by atoms with E-state index < -0.39 is 0 Å². The van der Waals surface area contributed by atoms with E-state index in [0.717, 1.165) is 15.6 Å². The zero-order valence-corrected chi connectivity index (χ0v) is 11.9. The Labute approximate surface area is 118 Å². The molecule has 6 heteroatoms. The van der Waals surface area contributed by atoms with Gasteiger partial charge in [0.05, 0.1) is 11.4 Å². The number of rotatable bonds is 4. The molecule has 0 bridgehead atoms. The average molecular weight is 289 g/mol. The first-order valence-corrected chi connectivity index (χ1v) is 7.60. The summed E-state index contributed by atoms with van der Waals surface area (Å²) in [5.41, 5.74) is 2.15. The minimum Gasteiger partial charge on any atom is -0.425 e. The van der Waals surface area contributed by atoms with Crippen molar-refractivity contribution in [2.24, 2.45) is 0 Å². The van der Waals surface area contributed by atoms with Gasteiger partial charge in [-0.2, -0.15) is 0 Å². The van der Waals surface area contributed by atoms with Gasteiger partial charge in [0.25, 0.3) is 0 Å². The zero-order chi connectivity index (χ0) is 13.1. The molecule has 3 aromatic rings. The van der Waals surface area contributed by atoms with Gasteiger partial charge < -0.3 is 4.42 Å². The lowest BCUT2D eigenvalue weighted by atomic mass is 10.2. The second-order valence-electron chi connectivity index (χ2n) is 3.87. The number of hydrogen-bond donors (Lipinski definition) is 0. The van der Waals surface area contributed by atoms with Crippen LogP contribution in [-0.2, 0) is 5.75 Å². The standard InChI is InChI=1S/C13H11N3OS2/c1-9-15-16-12(17-9)8-19-13-14-11(7-18-13)10-5-3-2-4-6-10/h2-7H,8H2,1H3. The van der Waals surface area contributed by atoms with Crippen LogP contribution in [0.25, 0.3) is 11.3 Å². The van der Waals surface area contributed by atoms with Gasteiger partial charge in [0.1, 0.15) is 0 Å². The van der Waals surface area contributed by atoms with Crippen LogP contribution in [0.2, 0.25) is 0 Å². The Bertz CT molecular complexity index is 663. The van der Waals surface area contributed by atoms with Crippen molar-refractivity contribution in [3.8, 4) is 11.3 Å². The number of hydrogen-bond acceptors (Lipinski definition) is 6. The highest BCUT2D eigenvalue weighted by Crippen LogP contribution is 2.29. The van der Waals surface area contributed by atoms with Gasteiger partial charge in [-0.05, 0) is 0 Å². The fourth-order valence-electron chi connectivity index (χ4n) is 1.58. The number of aromatic nitrogens is 3. The van der Waals surface area contributed by atoms with E-state index in [-0.39, 0.29) is 0 Å². The highest BCUT2D eigenvalue weighted by molar-refractivity contribution is 8.00. The molecule has 3 rings (SSSR count). The van der Waals surface area contributed by atoms with Crippen LogP contribution in [0.1, 0.15) is 11.8 Å². The van der Waals surface area contributed by atoms with Gasteiger partial charge in [0.15, 0.2) is 4.34 Å². The molecular weight excluding hydrogens is 278 g/mol. The van der Waals surface area contributed by atoms with Gasteiger partial charge in [0, 0.05) is 17.9 Å². The van der Waals surface area contributed by atoms with Crippen LogP contribution in [0.3, 0.4) is 0 Å². The maximum Gasteiger partial charge on any atom is 0.226 e. The first-order valence-electron chi connectivity index (χ1n) is 5.74. The van der Waals surface area contributed by atoms with Crippen LogP contribution in [-0.4, -0.2) is 15.2 Å². The third-order valence-corrected chi connectivity index (χ3v) is 4.45. The zero-order valence-electron chi connectivity index (χ0n) is 10.2. The van der Waals surface area contributed by atoms with Crippen LogP contribution in [0.4, 0.5) is 0 Å². The molecular formula is C13H11N3OS2. The number of thiazole rings is 1. The van der Waals surface area contributed by atoms with E-state index in [0.29, 0.717) is 17.5 Å². The number of nitrogens with zero attached hydrogens (tertiary/aromatic N) is 3. The van der Waals surface area contributed by atoms with E-state index in [4.69, 9.17) is 4.42 Å². The molecule has 4 nitrogen and oxygen atoms in total. The van der Waals surface area contributed by atoms with Crippen molar-refractivity contribution < 1.29 is 4.42 Å². The Hall–Kier alpha value is -1.66. The first-order chi connectivity index (χ1) is 9.31. The van der Waals surface area contributed by atoms with Gasteiger partial charge >= 0.3 is 0 Å². The molecule has 0 fully saturated rings. The van der Waals surface area contributed by atoms with Crippen LogP contribution in [0.5, 0.6) is 0 Å². The summed E-state index contributed by atoms with van der Waals surface area (Å²) in [6.45, 7) is 1.79. The lowest BCUT2D eigenvalue weighted by Crippen LogP contribution is -1.81. The van der Waals surface area contributed by atoms with Gasteiger partial charge in [-0.25, -0.2) is 4.98 Å². The topological polar surface area (TPSA) is 51.8 Å². The highest BCUT2D eigenvalue weighted by Gasteiger charge is 2.07. The molecule has 0 aliphatic carbocycles. The largest absolute Gasteiger partial charge is 0.425 e. The molecule has 1 aromatic carbocycles. The maximum atomic E-state index is 5.33. The second kappa shape index (κ2) is 5.54. The summed E-state index contributed by atoms with van der Waals surface area (Å²) in [5.74, 6) is 1.89. The van der Waals surface area contributed by atoms with Crippen molar-refractivity contribution in [3.63, 3.8) is 0 Å². The molecule has 0 saturated heterocycles. The highest BCUT2D eigenvalue weighted by atomic mass is 32.2. The summed E-state index contributed by atoms with van der Waals surface area (Å²) in [5, 5.41) is 9.84. The molecule has 0 atom stereocenters. The molecule has 2 aromatic heterocycles. The maximum absolute atomic E-state index is 5.33. The lowest BCUT2D eigenvalue weighted by molar-refractivity contribution is 0.485. The SMILES string of the molecule is Cc1nnc(CSc2nc(-c3ccccc3)cs2)o1. The van der Waals surface area contributed by atoms with Gasteiger partial charge in [-0.1, -0.05) is 42.1 Å². The summed E-state index contributed by atoms with van der Waals surface area (Å²) in [6, 6.07) is 10.2. The number of aryl methyl sites for hydroxylation is 1. The molecule has 0 saturated carbocycles. The molecule has 0 spiro atoms. The molecule has 0 radical (unpaired) electrons. The van der Waals surface area contributed by atoms with Crippen molar-refractivity contribution in [3.05, 3.63) is 47.5 Å². The van der Waals surface area contributed by atoms with E-state index in [1.165, 1.54) is 0 Å². The normalized spacial score (nSPS) is 10.8. The summed E-state index contributed by atoms with van der Waals surface area (Å²) >= 11 is 3.25. The molecule has 19 heavy (non-hydrogen) atoms. The first kappa shape index (κ1) is 12.4. The fraction of sp³-hybridized carbons (Fsp3) is 0.154. The minimum atomic E-state index is 0.597. The Morgan fingerprint density at radius 2 is 2.05 bits per heavy atom. The van der Waals surface area contributed by atoms with Gasteiger partial charge in [-0.15, -0.1) is 21.5 Å². The summed E-state index contributed by atoms with van der Waals surface area (Å²) in [6.07, 6.45) is 0. The lowest BCUT2D eigenvalue weighted by Gasteiger charge is -1.94. The number of benzene rings is 1. The third kappa shape index (κ3) is 3.02. The quantitative estimate of drug-likeness (QED) is 0.684. The Balaban J connectivity index is 1.68. The Morgan fingerprint density at radius 1 is 1.21 bits per heavy atom. The van der Waals surface area contributed by atoms with Crippen molar-refractivity contribution in [1.82, 2.24) is 15.2 Å². The second-order valence-corrected chi connectivity index (χ2v) is 5.95. The molecule has 2 heterocycles. The van der Waals surface area contributed by atoms with Crippen molar-refractivity contribution in [1.29, 1.82) is 0 Å². The third-order valence-electron chi connectivity index (χ3n) is 2.44. The van der Waals surface area contributed by atoms with E-state index >= 15 is 0 Å². The van der Waals surface area contributed by atoms with Crippen molar-refractivity contribution >= 4 is 23.1 Å². The van der Waals surface area contributed by atoms with E-state index in [1.54, 1.807) is 30.0 Å². The van der Waals surface area contributed by atoms with E-state index in [2.05, 4.69) is 32.7 Å². The Kier molecular flexibility index (Phi) is 3.61. The smallest absolute Gasteiger partial charge is 0.226 e. The predicted octanol–water partition coefficient (Wildman–Crippen LogP) is 3.79. The van der Waals surface area contributed by atoms with Gasteiger partial charge in [-0.3, -0.25) is 0 Å². The van der Waals surface area contributed by atoms with Crippen LogP contribution < -0.4 is 0 Å². The molecule has 0 amide bonds. The molecule has 0 N–H and O–H groups in total. The average Bonchev–Trinajstić information content (AvgIpc) is 3.06. The summed E-state index contributed by atoms with van der Waals surface area (Å²) < 4.78 is 6.34. The number of thioether (sulfide) groups is 1. The molecule has 96 valence electrons. The van der Waals surface area contributed by atoms with E-state index in [9.17, 15) is 0 Å². The van der Waals surface area contributed by atoms with Crippen molar-refractivity contribution in [2.45, 2.75) is 17.0 Å². The van der Waals surface area contributed by atoms with Crippen molar-refractivity contribution in [2.75, 3.05) is 0 Å². The van der Waals surface area contributed by atoms with Crippen LogP contribution >= 0.6 is 23.1 Å². The molecule has 0 unspecified atom stereocenters. The summed E-state index contributed by atoms with van der Waals surface area (Å²) in [4.78, 5) is 4.59. The van der Waals surface area contributed by atoms with Gasteiger partial charge in [0.2, 0.25) is 11.8 Å². The minimum absolute atomic E-state index is 0.597. The Morgan fingerprint density at radius 3 is 2.79 bits per heavy atom. The van der Waals surface area contributed by atoms with Crippen LogP contribution in [0, 0.1) is 6.92 Å². The van der Waals surface area contributed by atoms with Crippen LogP contribution in [0.15, 0.2) is 44.5 Å². The monoisotopic (exact) mass is 289 g/mol. The fourth-order valence-corrected chi connectivity index (χ4v) is 3.26. The summed E-state index contributed by atoms with van der Waals surface area (Å²) in [7, 11) is 0. The predicted molar refractivity (Wildman–Crippen MR) is 76.1 cm³/mol. The van der Waals surface area contributed by atoms with E-state index in [1.807, 2.05) is 18.2 Å². The molecule has 0 aliphatic rings.